The molecule has 0 radical (unpaired) electrons. The number of hydroxylamine groups is 2. The van der Waals surface area contributed by atoms with Gasteiger partial charge in [0.2, 0.25) is 0 Å². The van der Waals surface area contributed by atoms with E-state index >= 15 is 0 Å². The van der Waals surface area contributed by atoms with Gasteiger partial charge >= 0.3 is 6.16 Å². The van der Waals surface area contributed by atoms with Crippen LogP contribution in [0.4, 0.5) is 30.9 Å². The number of nitrogens with one attached hydrogen (secondary N) is 1. The minimum Gasteiger partial charge on any atom is -0.494 e. The normalized spacial score (nSPS) is 14.9. The molecular weight excluding hydrogens is 460 g/mol. The number of carbonyl (C=O) groups excluding carboxylic acids is 1. The zero-order valence-electron chi connectivity index (χ0n) is 20.8. The Morgan fingerprint density at radius 2 is 1.89 bits per heavy atom. The van der Waals surface area contributed by atoms with Gasteiger partial charge < -0.3 is 24.5 Å². The van der Waals surface area contributed by atoms with Gasteiger partial charge in [0.25, 0.3) is 0 Å². The Kier molecular flexibility index (Phi) is 8.66. The van der Waals surface area contributed by atoms with Crippen molar-refractivity contribution in [1.82, 2.24) is 15.0 Å². The van der Waals surface area contributed by atoms with Crippen LogP contribution in [0.25, 0.3) is 0 Å². The fourth-order valence-corrected chi connectivity index (χ4v) is 3.76. The molecule has 2 aromatic rings. The average molecular weight is 494 g/mol. The van der Waals surface area contributed by atoms with Gasteiger partial charge in [0.05, 0.1) is 12.8 Å². The summed E-state index contributed by atoms with van der Waals surface area (Å²) in [4.78, 5) is 27.8. The second-order valence-electron chi connectivity index (χ2n) is 9.32. The molecule has 0 amide bonds. The molecule has 9 nitrogen and oxygen atoms in total. The number of benzene rings is 1. The zero-order valence-corrected chi connectivity index (χ0v) is 20.8. The van der Waals surface area contributed by atoms with Crippen molar-refractivity contribution < 1.29 is 27.9 Å². The van der Waals surface area contributed by atoms with Crippen LogP contribution in [0.5, 0.6) is 5.75 Å². The Bertz CT molecular complexity index is 1010. The zero-order chi connectivity index (χ0) is 25.6. The van der Waals surface area contributed by atoms with Gasteiger partial charge in [0.1, 0.15) is 23.6 Å². The van der Waals surface area contributed by atoms with Gasteiger partial charge in [0, 0.05) is 44.4 Å². The highest BCUT2D eigenvalue weighted by Crippen LogP contribution is 2.28. The number of nitrogens with zero attached hydrogens (tertiary/aromatic N) is 4. The molecule has 0 bridgehead atoms. The average Bonchev–Trinajstić information content (AvgIpc) is 2.79. The van der Waals surface area contributed by atoms with E-state index in [0.29, 0.717) is 37.2 Å². The first-order valence-corrected chi connectivity index (χ1v) is 11.6. The van der Waals surface area contributed by atoms with Gasteiger partial charge in [-0.1, -0.05) is 0 Å². The van der Waals surface area contributed by atoms with E-state index in [4.69, 9.17) is 14.3 Å². The lowest BCUT2D eigenvalue weighted by atomic mass is 9.97. The van der Waals surface area contributed by atoms with E-state index in [9.17, 15) is 13.6 Å². The van der Waals surface area contributed by atoms with Crippen LogP contribution in [0, 0.1) is 17.6 Å². The molecular formula is C24H33F2N5O4. The summed E-state index contributed by atoms with van der Waals surface area (Å²) in [7, 11) is 1.28. The first kappa shape index (κ1) is 26.4. The molecule has 0 spiro atoms. The van der Waals surface area contributed by atoms with E-state index in [-0.39, 0.29) is 11.4 Å². The highest BCUT2D eigenvalue weighted by molar-refractivity contribution is 5.61. The molecule has 0 aliphatic carbocycles. The van der Waals surface area contributed by atoms with Crippen molar-refractivity contribution in [3.63, 3.8) is 0 Å². The highest BCUT2D eigenvalue weighted by atomic mass is 19.1. The monoisotopic (exact) mass is 493 g/mol. The predicted molar refractivity (Wildman–Crippen MR) is 128 cm³/mol. The highest BCUT2D eigenvalue weighted by Gasteiger charge is 2.26. The van der Waals surface area contributed by atoms with Gasteiger partial charge in [-0.2, -0.15) is 0 Å². The summed E-state index contributed by atoms with van der Waals surface area (Å²) in [6, 6.07) is 3.71. The summed E-state index contributed by atoms with van der Waals surface area (Å²) >= 11 is 0. The van der Waals surface area contributed by atoms with Crippen molar-refractivity contribution in [3.05, 3.63) is 36.2 Å². The maximum atomic E-state index is 14.3. The maximum Gasteiger partial charge on any atom is 0.528 e. The van der Waals surface area contributed by atoms with Gasteiger partial charge in [-0.3, -0.25) is 0 Å². The molecule has 1 fully saturated rings. The van der Waals surface area contributed by atoms with Crippen LogP contribution in [-0.2, 0) is 9.57 Å². The minimum absolute atomic E-state index is 0.0478. The lowest BCUT2D eigenvalue weighted by Gasteiger charge is -2.34. The maximum absolute atomic E-state index is 14.3. The lowest BCUT2D eigenvalue weighted by Crippen LogP contribution is -2.40. The number of piperidine rings is 1. The van der Waals surface area contributed by atoms with Crippen molar-refractivity contribution >= 4 is 23.5 Å². The van der Waals surface area contributed by atoms with E-state index in [2.05, 4.69) is 20.2 Å². The summed E-state index contributed by atoms with van der Waals surface area (Å²) in [5.74, 6) is -0.118. The largest absolute Gasteiger partial charge is 0.528 e. The van der Waals surface area contributed by atoms with Crippen molar-refractivity contribution in [2.75, 3.05) is 43.5 Å². The molecule has 1 aliphatic rings. The first-order chi connectivity index (χ1) is 16.6. The number of halogens is 2. The Morgan fingerprint density at radius 3 is 2.51 bits per heavy atom. The summed E-state index contributed by atoms with van der Waals surface area (Å²) in [5, 5.41) is 4.45. The van der Waals surface area contributed by atoms with Crippen molar-refractivity contribution in [2.45, 2.75) is 46.1 Å². The summed E-state index contributed by atoms with van der Waals surface area (Å²) in [6.45, 7) is 10.1. The number of hydrogen-bond acceptors (Lipinski definition) is 9. The van der Waals surface area contributed by atoms with Gasteiger partial charge in [-0.05, 0) is 46.5 Å². The molecule has 0 saturated carbocycles. The van der Waals surface area contributed by atoms with E-state index in [0.717, 1.165) is 31.5 Å². The molecule has 11 heteroatoms. The van der Waals surface area contributed by atoms with E-state index < -0.39 is 23.4 Å². The second kappa shape index (κ2) is 11.5. The predicted octanol–water partition coefficient (Wildman–Crippen LogP) is 4.91. The van der Waals surface area contributed by atoms with Crippen molar-refractivity contribution in [3.8, 4) is 5.75 Å². The number of ether oxygens (including phenoxy) is 2. The van der Waals surface area contributed by atoms with Crippen molar-refractivity contribution in [1.29, 1.82) is 0 Å². The van der Waals surface area contributed by atoms with E-state index in [1.54, 1.807) is 31.9 Å². The molecule has 1 N–H and O–H groups in total. The number of carbonyl (C=O) groups is 1. The van der Waals surface area contributed by atoms with Crippen LogP contribution in [-0.4, -0.2) is 60.1 Å². The summed E-state index contributed by atoms with van der Waals surface area (Å²) in [5.41, 5.74) is -0.649. The summed E-state index contributed by atoms with van der Waals surface area (Å²) < 4.78 is 38.3. The Morgan fingerprint density at radius 1 is 1.17 bits per heavy atom. The van der Waals surface area contributed by atoms with Gasteiger partial charge in [-0.15, -0.1) is 5.06 Å². The van der Waals surface area contributed by atoms with Crippen LogP contribution >= 0.6 is 0 Å². The SMILES string of the molecule is CCN(CC1CCN(OC(=O)OC(C)(C)C)CC1)c1cc(Nc2cc(F)c(OC)cc2F)ncn1. The molecule has 0 atom stereocenters. The van der Waals surface area contributed by atoms with Gasteiger partial charge in [0.15, 0.2) is 17.4 Å². The topological polar surface area (TPSA) is 89.1 Å². The fourth-order valence-electron chi connectivity index (χ4n) is 3.76. The molecule has 1 aromatic carbocycles. The first-order valence-electron chi connectivity index (χ1n) is 11.6. The Balaban J connectivity index is 1.58. The molecule has 0 unspecified atom stereocenters. The quantitative estimate of drug-likeness (QED) is 0.515. The smallest absolute Gasteiger partial charge is 0.494 e. The molecule has 3 rings (SSSR count). The van der Waals surface area contributed by atoms with Gasteiger partial charge in [-0.25, -0.2) is 23.5 Å². The third kappa shape index (κ3) is 7.64. The Hall–Kier alpha value is -3.21. The third-order valence-electron chi connectivity index (χ3n) is 5.51. The minimum atomic E-state index is -0.694. The van der Waals surface area contributed by atoms with E-state index in [1.165, 1.54) is 13.4 Å². The third-order valence-corrected chi connectivity index (χ3v) is 5.51. The standard InChI is InChI=1S/C24H33F2N5O4/c1-6-30(14-16-7-9-31(10-8-16)35-23(32)34-24(2,3)4)22-13-21(27-15-28-22)29-19-11-18(26)20(33-5)12-17(19)25/h11-13,15-16H,6-10,14H2,1-5H3,(H,27,28,29). The number of rotatable bonds is 8. The molecule has 1 saturated heterocycles. The van der Waals surface area contributed by atoms with Crippen LogP contribution in [0.1, 0.15) is 40.5 Å². The molecule has 1 aromatic heterocycles. The molecule has 35 heavy (non-hydrogen) atoms. The van der Waals surface area contributed by atoms with Crippen LogP contribution in [0.15, 0.2) is 24.5 Å². The van der Waals surface area contributed by atoms with Crippen LogP contribution < -0.4 is 15.0 Å². The Labute approximate surface area is 204 Å². The number of hydrogen-bond donors (Lipinski definition) is 1. The number of anilines is 3. The fraction of sp³-hybridized carbons (Fsp3) is 0.542. The molecule has 1 aliphatic heterocycles. The molecule has 2 heterocycles. The number of methoxy groups -OCH3 is 1. The van der Waals surface area contributed by atoms with Crippen molar-refractivity contribution in [2.24, 2.45) is 5.92 Å². The van der Waals surface area contributed by atoms with E-state index in [1.807, 2.05) is 6.92 Å². The van der Waals surface area contributed by atoms with Crippen LogP contribution in [0.2, 0.25) is 0 Å². The van der Waals surface area contributed by atoms with Crippen LogP contribution in [0.3, 0.4) is 0 Å². The molecule has 192 valence electrons. The summed E-state index contributed by atoms with van der Waals surface area (Å²) in [6.07, 6.45) is 2.37. The second-order valence-corrected chi connectivity index (χ2v) is 9.32. The number of aromatic nitrogens is 2. The lowest BCUT2D eigenvalue weighted by molar-refractivity contribution is -0.154.